The third-order valence-electron chi connectivity index (χ3n) is 4.49. The Bertz CT molecular complexity index is 451. The minimum absolute atomic E-state index is 0.00778. The summed E-state index contributed by atoms with van der Waals surface area (Å²) < 4.78 is 0. The van der Waals surface area contributed by atoms with E-state index in [2.05, 4.69) is 41.8 Å². The van der Waals surface area contributed by atoms with Crippen LogP contribution in [0.25, 0.3) is 0 Å². The SMILES string of the molecule is CC1(NC(=O)C2CC2c2ccccc2)CCNCC1. The van der Waals surface area contributed by atoms with Gasteiger partial charge in [-0.3, -0.25) is 4.79 Å². The third-order valence-corrected chi connectivity index (χ3v) is 4.49. The first-order chi connectivity index (χ1) is 9.18. The second-order valence-electron chi connectivity index (χ2n) is 6.16. The van der Waals surface area contributed by atoms with E-state index in [0.29, 0.717) is 5.92 Å². The fraction of sp³-hybridized carbons (Fsp3) is 0.562. The van der Waals surface area contributed by atoms with Gasteiger partial charge in [-0.15, -0.1) is 0 Å². The molecule has 1 amide bonds. The van der Waals surface area contributed by atoms with Crippen LogP contribution >= 0.6 is 0 Å². The first-order valence-electron chi connectivity index (χ1n) is 7.26. The molecule has 19 heavy (non-hydrogen) atoms. The van der Waals surface area contributed by atoms with E-state index in [9.17, 15) is 4.79 Å². The summed E-state index contributed by atoms with van der Waals surface area (Å²) in [7, 11) is 0. The van der Waals surface area contributed by atoms with Crippen LogP contribution in [0.4, 0.5) is 0 Å². The van der Waals surface area contributed by atoms with Crippen molar-refractivity contribution in [3.05, 3.63) is 35.9 Å². The van der Waals surface area contributed by atoms with Gasteiger partial charge in [0.25, 0.3) is 0 Å². The van der Waals surface area contributed by atoms with Gasteiger partial charge in [0.15, 0.2) is 0 Å². The van der Waals surface area contributed by atoms with Gasteiger partial charge >= 0.3 is 0 Å². The van der Waals surface area contributed by atoms with Crippen molar-refractivity contribution in [3.63, 3.8) is 0 Å². The molecule has 2 fully saturated rings. The van der Waals surface area contributed by atoms with Gasteiger partial charge in [-0.05, 0) is 50.8 Å². The Balaban J connectivity index is 1.58. The Morgan fingerprint density at radius 2 is 1.95 bits per heavy atom. The van der Waals surface area contributed by atoms with Crippen LogP contribution in [0.3, 0.4) is 0 Å². The summed E-state index contributed by atoms with van der Waals surface area (Å²) in [6, 6.07) is 10.4. The van der Waals surface area contributed by atoms with Gasteiger partial charge in [-0.25, -0.2) is 0 Å². The quantitative estimate of drug-likeness (QED) is 0.871. The number of amides is 1. The zero-order chi connectivity index (χ0) is 13.3. The summed E-state index contributed by atoms with van der Waals surface area (Å²) >= 11 is 0. The molecule has 2 atom stereocenters. The van der Waals surface area contributed by atoms with Gasteiger partial charge in [-0.2, -0.15) is 0 Å². The number of carbonyl (C=O) groups excluding carboxylic acids is 1. The van der Waals surface area contributed by atoms with Crippen LogP contribution < -0.4 is 10.6 Å². The Labute approximate surface area is 114 Å². The molecule has 3 rings (SSSR count). The monoisotopic (exact) mass is 258 g/mol. The van der Waals surface area contributed by atoms with Crippen molar-refractivity contribution >= 4 is 5.91 Å². The smallest absolute Gasteiger partial charge is 0.224 e. The number of hydrogen-bond donors (Lipinski definition) is 2. The molecule has 3 nitrogen and oxygen atoms in total. The van der Waals surface area contributed by atoms with Gasteiger partial charge in [0, 0.05) is 11.5 Å². The lowest BCUT2D eigenvalue weighted by Crippen LogP contribution is -2.52. The van der Waals surface area contributed by atoms with Crippen LogP contribution in [0.2, 0.25) is 0 Å². The summed E-state index contributed by atoms with van der Waals surface area (Å²) in [5, 5.41) is 6.62. The van der Waals surface area contributed by atoms with Crippen molar-refractivity contribution in [1.82, 2.24) is 10.6 Å². The summed E-state index contributed by atoms with van der Waals surface area (Å²) in [5.41, 5.74) is 1.30. The summed E-state index contributed by atoms with van der Waals surface area (Å²) in [6.45, 7) is 4.18. The first kappa shape index (κ1) is 12.7. The van der Waals surface area contributed by atoms with Gasteiger partial charge in [0.1, 0.15) is 0 Å². The molecule has 1 saturated heterocycles. The number of carbonyl (C=O) groups is 1. The molecule has 1 aromatic rings. The molecule has 1 aromatic carbocycles. The van der Waals surface area contributed by atoms with Gasteiger partial charge < -0.3 is 10.6 Å². The van der Waals surface area contributed by atoms with E-state index in [0.717, 1.165) is 32.4 Å². The molecule has 1 heterocycles. The molecule has 2 N–H and O–H groups in total. The molecule has 2 aliphatic rings. The highest BCUT2D eigenvalue weighted by molar-refractivity contribution is 5.83. The second-order valence-corrected chi connectivity index (χ2v) is 6.16. The van der Waals surface area contributed by atoms with Crippen molar-refractivity contribution in [2.24, 2.45) is 5.92 Å². The maximum atomic E-state index is 12.3. The van der Waals surface area contributed by atoms with Gasteiger partial charge in [-0.1, -0.05) is 30.3 Å². The molecule has 2 unspecified atom stereocenters. The number of benzene rings is 1. The molecule has 3 heteroatoms. The molecule has 0 radical (unpaired) electrons. The van der Waals surface area contributed by atoms with E-state index < -0.39 is 0 Å². The topological polar surface area (TPSA) is 41.1 Å². The van der Waals surface area contributed by atoms with Crippen molar-refractivity contribution in [1.29, 1.82) is 0 Å². The number of hydrogen-bond acceptors (Lipinski definition) is 2. The standard InChI is InChI=1S/C16H22N2O/c1-16(7-9-17-10-8-16)18-15(19)14-11-13(14)12-5-3-2-4-6-12/h2-6,13-14,17H,7-11H2,1H3,(H,18,19). The molecule has 0 aromatic heterocycles. The molecule has 1 saturated carbocycles. The molecule has 0 bridgehead atoms. The second kappa shape index (κ2) is 4.97. The minimum atomic E-state index is -0.00778. The largest absolute Gasteiger partial charge is 0.351 e. The van der Waals surface area contributed by atoms with E-state index >= 15 is 0 Å². The van der Waals surface area contributed by atoms with Gasteiger partial charge in [0.2, 0.25) is 5.91 Å². The predicted molar refractivity (Wildman–Crippen MR) is 75.9 cm³/mol. The Morgan fingerprint density at radius 1 is 1.26 bits per heavy atom. The van der Waals surface area contributed by atoms with Crippen LogP contribution in [0.15, 0.2) is 30.3 Å². The highest BCUT2D eigenvalue weighted by Gasteiger charge is 2.45. The summed E-state index contributed by atoms with van der Waals surface area (Å²) in [5.74, 6) is 0.874. The number of rotatable bonds is 3. The average molecular weight is 258 g/mol. The van der Waals surface area contributed by atoms with Crippen LogP contribution in [0, 0.1) is 5.92 Å². The van der Waals surface area contributed by atoms with Crippen molar-refractivity contribution in [2.45, 2.75) is 37.6 Å². The lowest BCUT2D eigenvalue weighted by atomic mass is 9.90. The normalized spacial score (nSPS) is 28.7. The molecule has 102 valence electrons. The zero-order valence-electron chi connectivity index (χ0n) is 11.5. The molecular formula is C16H22N2O. The molecule has 1 aliphatic carbocycles. The molecular weight excluding hydrogens is 236 g/mol. The lowest BCUT2D eigenvalue weighted by Gasteiger charge is -2.35. The van der Waals surface area contributed by atoms with E-state index in [4.69, 9.17) is 0 Å². The minimum Gasteiger partial charge on any atom is -0.351 e. The fourth-order valence-electron chi connectivity index (χ4n) is 3.05. The maximum Gasteiger partial charge on any atom is 0.224 e. The van der Waals surface area contributed by atoms with Crippen molar-refractivity contribution in [2.75, 3.05) is 13.1 Å². The van der Waals surface area contributed by atoms with E-state index in [1.165, 1.54) is 5.56 Å². The van der Waals surface area contributed by atoms with E-state index in [1.807, 2.05) is 6.07 Å². The highest BCUT2D eigenvalue weighted by Crippen LogP contribution is 2.47. The predicted octanol–water partition coefficient (Wildman–Crippen LogP) is 2.05. The van der Waals surface area contributed by atoms with Crippen molar-refractivity contribution < 1.29 is 4.79 Å². The van der Waals surface area contributed by atoms with Crippen LogP contribution in [0.5, 0.6) is 0 Å². The molecule has 0 spiro atoms. The Morgan fingerprint density at radius 3 is 2.63 bits per heavy atom. The summed E-state index contributed by atoms with van der Waals surface area (Å²) in [6.07, 6.45) is 3.06. The Hall–Kier alpha value is -1.35. The van der Waals surface area contributed by atoms with E-state index in [-0.39, 0.29) is 17.4 Å². The van der Waals surface area contributed by atoms with Crippen LogP contribution in [0.1, 0.15) is 37.7 Å². The third kappa shape index (κ3) is 2.81. The zero-order valence-corrected chi connectivity index (χ0v) is 11.5. The maximum absolute atomic E-state index is 12.3. The average Bonchev–Trinajstić information content (AvgIpc) is 3.20. The van der Waals surface area contributed by atoms with Gasteiger partial charge in [0.05, 0.1) is 0 Å². The number of piperidine rings is 1. The van der Waals surface area contributed by atoms with E-state index in [1.54, 1.807) is 0 Å². The number of nitrogens with one attached hydrogen (secondary N) is 2. The van der Waals surface area contributed by atoms with Crippen LogP contribution in [-0.4, -0.2) is 24.5 Å². The van der Waals surface area contributed by atoms with Crippen molar-refractivity contribution in [3.8, 4) is 0 Å². The van der Waals surface area contributed by atoms with Crippen LogP contribution in [-0.2, 0) is 4.79 Å². The molecule has 1 aliphatic heterocycles. The highest BCUT2D eigenvalue weighted by atomic mass is 16.2. The summed E-state index contributed by atoms with van der Waals surface area (Å²) in [4.78, 5) is 12.3. The lowest BCUT2D eigenvalue weighted by molar-refractivity contribution is -0.124. The first-order valence-corrected chi connectivity index (χ1v) is 7.26. The Kier molecular flexibility index (Phi) is 3.31. The fourth-order valence-corrected chi connectivity index (χ4v) is 3.05.